The molecule has 1 unspecified atom stereocenters. The van der Waals surface area contributed by atoms with Gasteiger partial charge in [0.25, 0.3) is 0 Å². The van der Waals surface area contributed by atoms with Gasteiger partial charge in [0.15, 0.2) is 0 Å². The molecule has 0 heterocycles. The molecule has 0 radical (unpaired) electrons. The Morgan fingerprint density at radius 2 is 1.89 bits per heavy atom. The monoisotopic (exact) mass is 264 g/mol. The number of carbonyl (C=O) groups excluding carboxylic acids is 1. The molecule has 0 aliphatic heterocycles. The fraction of sp³-hybridized carbons (Fsp3) is 0.562. The highest BCUT2D eigenvalue weighted by atomic mass is 16.5. The first-order valence-corrected chi connectivity index (χ1v) is 7.02. The van der Waals surface area contributed by atoms with E-state index in [1.165, 1.54) is 0 Å². The topological polar surface area (TPSA) is 35.5 Å². The standard InChI is InChI=1S/C16H24O3/c1-5-9-14(16(17)18-6-2)13-10-7-8-11-15(13)19-12(3)4/h7-8,10-12,14H,5-6,9H2,1-4H3. The zero-order chi connectivity index (χ0) is 14.3. The van der Waals surface area contributed by atoms with Crippen molar-refractivity contribution in [2.45, 2.75) is 52.6 Å². The van der Waals surface area contributed by atoms with Gasteiger partial charge in [-0.05, 0) is 33.3 Å². The number of benzene rings is 1. The van der Waals surface area contributed by atoms with Gasteiger partial charge in [-0.15, -0.1) is 0 Å². The van der Waals surface area contributed by atoms with E-state index in [1.807, 2.05) is 45.0 Å². The molecule has 3 heteroatoms. The first kappa shape index (κ1) is 15.5. The molecule has 106 valence electrons. The Morgan fingerprint density at radius 1 is 1.21 bits per heavy atom. The van der Waals surface area contributed by atoms with Crippen molar-refractivity contribution >= 4 is 5.97 Å². The molecule has 1 atom stereocenters. The van der Waals surface area contributed by atoms with Gasteiger partial charge in [0.2, 0.25) is 0 Å². The van der Waals surface area contributed by atoms with Gasteiger partial charge in [-0.25, -0.2) is 0 Å². The predicted octanol–water partition coefficient (Wildman–Crippen LogP) is 3.92. The van der Waals surface area contributed by atoms with Crippen LogP contribution in [0.25, 0.3) is 0 Å². The minimum absolute atomic E-state index is 0.0885. The number of rotatable bonds is 7. The quantitative estimate of drug-likeness (QED) is 0.700. The summed E-state index contributed by atoms with van der Waals surface area (Å²) in [5.74, 6) is 0.382. The van der Waals surface area contributed by atoms with Gasteiger partial charge in [-0.1, -0.05) is 31.5 Å². The summed E-state index contributed by atoms with van der Waals surface area (Å²) in [7, 11) is 0. The molecule has 0 saturated carbocycles. The van der Waals surface area contributed by atoms with E-state index in [9.17, 15) is 4.79 Å². The molecular weight excluding hydrogens is 240 g/mol. The molecule has 0 aliphatic carbocycles. The van der Waals surface area contributed by atoms with Crippen molar-refractivity contribution in [2.75, 3.05) is 6.61 Å². The van der Waals surface area contributed by atoms with Crippen LogP contribution in [0.4, 0.5) is 0 Å². The molecule has 0 bridgehead atoms. The van der Waals surface area contributed by atoms with Gasteiger partial charge in [-0.2, -0.15) is 0 Å². The van der Waals surface area contributed by atoms with Crippen LogP contribution in [0.1, 0.15) is 52.0 Å². The number of para-hydroxylation sites is 1. The number of carbonyl (C=O) groups is 1. The first-order valence-electron chi connectivity index (χ1n) is 7.02. The molecule has 0 N–H and O–H groups in total. The predicted molar refractivity (Wildman–Crippen MR) is 76.5 cm³/mol. The van der Waals surface area contributed by atoms with Crippen molar-refractivity contribution in [3.8, 4) is 5.75 Å². The van der Waals surface area contributed by atoms with Crippen molar-refractivity contribution in [1.82, 2.24) is 0 Å². The Morgan fingerprint density at radius 3 is 2.47 bits per heavy atom. The molecule has 19 heavy (non-hydrogen) atoms. The van der Waals surface area contributed by atoms with E-state index >= 15 is 0 Å². The van der Waals surface area contributed by atoms with Crippen LogP contribution in [0.15, 0.2) is 24.3 Å². The smallest absolute Gasteiger partial charge is 0.313 e. The molecule has 0 aromatic heterocycles. The zero-order valence-electron chi connectivity index (χ0n) is 12.3. The lowest BCUT2D eigenvalue weighted by atomic mass is 9.93. The number of hydrogen-bond acceptors (Lipinski definition) is 3. The van der Waals surface area contributed by atoms with Crippen LogP contribution in [0.3, 0.4) is 0 Å². The normalized spacial score (nSPS) is 12.3. The Kier molecular flexibility index (Phi) is 6.40. The first-order chi connectivity index (χ1) is 9.10. The summed E-state index contributed by atoms with van der Waals surface area (Å²) < 4.78 is 11.0. The van der Waals surface area contributed by atoms with E-state index in [4.69, 9.17) is 9.47 Å². The van der Waals surface area contributed by atoms with Gasteiger partial charge >= 0.3 is 5.97 Å². The lowest BCUT2D eigenvalue weighted by Crippen LogP contribution is -2.18. The van der Waals surface area contributed by atoms with Crippen LogP contribution in [0.2, 0.25) is 0 Å². The summed E-state index contributed by atoms with van der Waals surface area (Å²) in [6, 6.07) is 7.73. The number of hydrogen-bond donors (Lipinski definition) is 0. The second kappa shape index (κ2) is 7.82. The molecule has 0 amide bonds. The molecule has 0 spiro atoms. The van der Waals surface area contributed by atoms with Crippen molar-refractivity contribution in [2.24, 2.45) is 0 Å². The van der Waals surface area contributed by atoms with Crippen molar-refractivity contribution < 1.29 is 14.3 Å². The van der Waals surface area contributed by atoms with E-state index in [2.05, 4.69) is 6.92 Å². The van der Waals surface area contributed by atoms with E-state index in [1.54, 1.807) is 0 Å². The van der Waals surface area contributed by atoms with Crippen molar-refractivity contribution in [1.29, 1.82) is 0 Å². The summed E-state index contributed by atoms with van der Waals surface area (Å²) in [6.45, 7) is 8.27. The Labute approximate surface area is 115 Å². The van der Waals surface area contributed by atoms with Crippen LogP contribution in [-0.2, 0) is 9.53 Å². The summed E-state index contributed by atoms with van der Waals surface area (Å²) in [5.41, 5.74) is 0.927. The average molecular weight is 264 g/mol. The minimum atomic E-state index is -0.236. The van der Waals surface area contributed by atoms with Crippen molar-refractivity contribution in [3.63, 3.8) is 0 Å². The summed E-state index contributed by atoms with van der Waals surface area (Å²) in [5, 5.41) is 0. The minimum Gasteiger partial charge on any atom is -0.491 e. The van der Waals surface area contributed by atoms with E-state index in [-0.39, 0.29) is 18.0 Å². The van der Waals surface area contributed by atoms with Gasteiger partial charge in [0, 0.05) is 5.56 Å². The van der Waals surface area contributed by atoms with Crippen LogP contribution in [0.5, 0.6) is 5.75 Å². The average Bonchev–Trinajstić information content (AvgIpc) is 2.36. The highest BCUT2D eigenvalue weighted by Gasteiger charge is 2.24. The maximum Gasteiger partial charge on any atom is 0.313 e. The largest absolute Gasteiger partial charge is 0.491 e. The van der Waals surface area contributed by atoms with E-state index < -0.39 is 0 Å². The van der Waals surface area contributed by atoms with Crippen molar-refractivity contribution in [3.05, 3.63) is 29.8 Å². The Balaban J connectivity index is 3.03. The number of esters is 1. The fourth-order valence-electron chi connectivity index (χ4n) is 2.06. The van der Waals surface area contributed by atoms with Gasteiger partial charge in [0.1, 0.15) is 5.75 Å². The van der Waals surface area contributed by atoms with Crippen LogP contribution >= 0.6 is 0 Å². The second-order valence-electron chi connectivity index (χ2n) is 4.80. The van der Waals surface area contributed by atoms with E-state index in [0.717, 1.165) is 24.2 Å². The second-order valence-corrected chi connectivity index (χ2v) is 4.80. The Bertz CT molecular complexity index is 399. The maximum absolute atomic E-state index is 12.1. The third-order valence-corrected chi connectivity index (χ3v) is 2.81. The van der Waals surface area contributed by atoms with Gasteiger partial charge < -0.3 is 9.47 Å². The Hall–Kier alpha value is -1.51. The summed E-state index contributed by atoms with van der Waals surface area (Å²) >= 11 is 0. The summed E-state index contributed by atoms with van der Waals surface area (Å²) in [6.07, 6.45) is 1.79. The van der Waals surface area contributed by atoms with E-state index in [0.29, 0.717) is 6.61 Å². The zero-order valence-corrected chi connectivity index (χ0v) is 12.3. The lowest BCUT2D eigenvalue weighted by molar-refractivity contribution is -0.145. The van der Waals surface area contributed by atoms with Gasteiger partial charge in [0.05, 0.1) is 18.6 Å². The maximum atomic E-state index is 12.1. The van der Waals surface area contributed by atoms with Gasteiger partial charge in [-0.3, -0.25) is 4.79 Å². The SMILES string of the molecule is CCCC(C(=O)OCC)c1ccccc1OC(C)C. The molecule has 3 nitrogen and oxygen atoms in total. The summed E-state index contributed by atoms with van der Waals surface area (Å²) in [4.78, 5) is 12.1. The molecule has 1 aromatic carbocycles. The molecule has 0 saturated heterocycles. The van der Waals surface area contributed by atoms with Crippen LogP contribution in [-0.4, -0.2) is 18.7 Å². The number of ether oxygens (including phenoxy) is 2. The molecule has 0 fully saturated rings. The van der Waals surface area contributed by atoms with Crippen LogP contribution in [0, 0.1) is 0 Å². The fourth-order valence-corrected chi connectivity index (χ4v) is 2.06. The molecular formula is C16H24O3. The molecule has 1 rings (SSSR count). The lowest BCUT2D eigenvalue weighted by Gasteiger charge is -2.20. The molecule has 0 aliphatic rings. The highest BCUT2D eigenvalue weighted by molar-refractivity contribution is 5.79. The highest BCUT2D eigenvalue weighted by Crippen LogP contribution is 2.31. The third kappa shape index (κ3) is 4.58. The van der Waals surface area contributed by atoms with Crippen LogP contribution < -0.4 is 4.74 Å². The molecule has 1 aromatic rings. The third-order valence-electron chi connectivity index (χ3n) is 2.81.